The zero-order valence-corrected chi connectivity index (χ0v) is 11.0. The van der Waals surface area contributed by atoms with Gasteiger partial charge in [-0.3, -0.25) is 0 Å². The minimum Gasteiger partial charge on any atom is -0.316 e. The summed E-state index contributed by atoms with van der Waals surface area (Å²) in [5.74, 6) is 0.869. The third-order valence-corrected chi connectivity index (χ3v) is 4.04. The van der Waals surface area contributed by atoms with Crippen LogP contribution < -0.4 is 5.32 Å². The number of hydrogen-bond donors (Lipinski definition) is 1. The van der Waals surface area contributed by atoms with Crippen molar-refractivity contribution in [2.45, 2.75) is 36.9 Å². The number of hydrogen-bond acceptors (Lipinski definition) is 5. The van der Waals surface area contributed by atoms with Gasteiger partial charge in [-0.2, -0.15) is 0 Å². The molecule has 0 saturated heterocycles. The first-order chi connectivity index (χ1) is 8.31. The third kappa shape index (κ3) is 3.29. The van der Waals surface area contributed by atoms with E-state index in [1.807, 2.05) is 11.7 Å². The average molecular weight is 253 g/mol. The first kappa shape index (κ1) is 12.6. The highest BCUT2D eigenvalue weighted by Crippen LogP contribution is 2.31. The van der Waals surface area contributed by atoms with E-state index in [0.717, 1.165) is 17.5 Å². The highest BCUT2D eigenvalue weighted by atomic mass is 32.2. The fourth-order valence-corrected chi connectivity index (χ4v) is 2.97. The first-order valence-corrected chi connectivity index (χ1v) is 7.01. The van der Waals surface area contributed by atoms with Crippen LogP contribution in [0.25, 0.3) is 0 Å². The maximum absolute atomic E-state index is 4.11. The molecule has 0 aliphatic heterocycles. The summed E-state index contributed by atoms with van der Waals surface area (Å²) in [7, 11) is 1.93. The minimum atomic E-state index is 0.505. The van der Waals surface area contributed by atoms with Crippen LogP contribution in [0.2, 0.25) is 0 Å². The van der Waals surface area contributed by atoms with Crippen LogP contribution in [-0.2, 0) is 0 Å². The quantitative estimate of drug-likeness (QED) is 0.617. The molecule has 94 valence electrons. The smallest absolute Gasteiger partial charge is 0.209 e. The Bertz CT molecular complexity index is 370. The second-order valence-electron chi connectivity index (χ2n) is 4.41. The van der Waals surface area contributed by atoms with E-state index in [1.165, 1.54) is 31.3 Å². The van der Waals surface area contributed by atoms with Crippen LogP contribution in [-0.4, -0.2) is 39.6 Å². The van der Waals surface area contributed by atoms with Gasteiger partial charge in [0.05, 0.1) is 6.04 Å². The van der Waals surface area contributed by atoms with Crippen molar-refractivity contribution in [3.63, 3.8) is 0 Å². The average Bonchev–Trinajstić information content (AvgIpc) is 2.97. The van der Waals surface area contributed by atoms with E-state index < -0.39 is 0 Å². The molecule has 1 fully saturated rings. The molecular formula is C11H19N5S. The van der Waals surface area contributed by atoms with Gasteiger partial charge in [-0.05, 0) is 30.3 Å². The molecule has 0 amide bonds. The van der Waals surface area contributed by atoms with Crippen molar-refractivity contribution in [1.29, 1.82) is 0 Å². The Balaban J connectivity index is 1.92. The van der Waals surface area contributed by atoms with Crippen LogP contribution in [0.15, 0.2) is 17.3 Å². The van der Waals surface area contributed by atoms with Gasteiger partial charge < -0.3 is 5.32 Å². The summed E-state index contributed by atoms with van der Waals surface area (Å²) in [6.07, 6.45) is 4.99. The lowest BCUT2D eigenvalue weighted by molar-refractivity contribution is 0.423. The molecule has 1 N–H and O–H groups in total. The molecule has 1 aromatic rings. The first-order valence-electron chi connectivity index (χ1n) is 6.03. The molecule has 1 saturated carbocycles. The van der Waals surface area contributed by atoms with Gasteiger partial charge in [0.15, 0.2) is 0 Å². The molecule has 5 nitrogen and oxygen atoms in total. The predicted molar refractivity (Wildman–Crippen MR) is 69.1 cm³/mol. The molecule has 1 aliphatic carbocycles. The molecule has 0 spiro atoms. The Morgan fingerprint density at radius 2 is 2.29 bits per heavy atom. The topological polar surface area (TPSA) is 55.6 Å². The molecule has 0 atom stereocenters. The van der Waals surface area contributed by atoms with Crippen molar-refractivity contribution in [1.82, 2.24) is 25.5 Å². The number of nitrogens with one attached hydrogen (secondary N) is 1. The van der Waals surface area contributed by atoms with Crippen LogP contribution in [0, 0.1) is 0 Å². The standard InChI is InChI=1S/C11H19N5S/c1-9(7-12-2)8-17-11-13-14-15-16(11)10-5-3-4-6-10/h10,12H,1,3-8H2,2H3. The summed E-state index contributed by atoms with van der Waals surface area (Å²) < 4.78 is 1.99. The summed E-state index contributed by atoms with van der Waals surface area (Å²) in [5, 5.41) is 16.0. The van der Waals surface area contributed by atoms with Crippen LogP contribution in [0.4, 0.5) is 0 Å². The summed E-state index contributed by atoms with van der Waals surface area (Å²) >= 11 is 1.68. The van der Waals surface area contributed by atoms with Crippen LogP contribution >= 0.6 is 11.8 Å². The fourth-order valence-electron chi connectivity index (χ4n) is 2.13. The third-order valence-electron chi connectivity index (χ3n) is 2.97. The number of thioether (sulfide) groups is 1. The zero-order valence-electron chi connectivity index (χ0n) is 10.2. The maximum Gasteiger partial charge on any atom is 0.209 e. The fraction of sp³-hybridized carbons (Fsp3) is 0.727. The molecule has 0 radical (unpaired) electrons. The molecular weight excluding hydrogens is 234 g/mol. The number of tetrazole rings is 1. The molecule has 1 heterocycles. The molecule has 2 rings (SSSR count). The SMILES string of the molecule is C=C(CNC)CSc1nnnn1C1CCCC1. The van der Waals surface area contributed by atoms with E-state index in [2.05, 4.69) is 27.4 Å². The van der Waals surface area contributed by atoms with Crippen molar-refractivity contribution in [3.8, 4) is 0 Å². The van der Waals surface area contributed by atoms with Crippen LogP contribution in [0.3, 0.4) is 0 Å². The molecule has 0 unspecified atom stereocenters. The number of nitrogens with zero attached hydrogens (tertiary/aromatic N) is 4. The van der Waals surface area contributed by atoms with Crippen LogP contribution in [0.5, 0.6) is 0 Å². The molecule has 6 heteroatoms. The Hall–Kier alpha value is -0.880. The predicted octanol–water partition coefficient (Wildman–Crippen LogP) is 1.66. The van der Waals surface area contributed by atoms with Gasteiger partial charge in [-0.25, -0.2) is 4.68 Å². The molecule has 0 bridgehead atoms. The van der Waals surface area contributed by atoms with Crippen LogP contribution in [0.1, 0.15) is 31.7 Å². The lowest BCUT2D eigenvalue weighted by Gasteiger charge is -2.11. The number of likely N-dealkylation sites (N-methyl/N-ethyl adjacent to an activating group) is 1. The van der Waals surface area contributed by atoms with Crippen molar-refractivity contribution in [2.75, 3.05) is 19.3 Å². The van der Waals surface area contributed by atoms with Crippen molar-refractivity contribution in [3.05, 3.63) is 12.2 Å². The van der Waals surface area contributed by atoms with E-state index in [-0.39, 0.29) is 0 Å². The van der Waals surface area contributed by atoms with Crippen molar-refractivity contribution < 1.29 is 0 Å². The Labute approximate surface area is 106 Å². The summed E-state index contributed by atoms with van der Waals surface area (Å²) in [6, 6.07) is 0.505. The van der Waals surface area contributed by atoms with E-state index in [1.54, 1.807) is 11.8 Å². The highest BCUT2D eigenvalue weighted by molar-refractivity contribution is 7.99. The number of aromatic nitrogens is 4. The second kappa shape index (κ2) is 6.16. The molecule has 1 aromatic heterocycles. The van der Waals surface area contributed by atoms with Gasteiger partial charge >= 0.3 is 0 Å². The van der Waals surface area contributed by atoms with Crippen molar-refractivity contribution >= 4 is 11.8 Å². The van der Waals surface area contributed by atoms with Gasteiger partial charge in [-0.1, -0.05) is 36.8 Å². The monoisotopic (exact) mass is 253 g/mol. The highest BCUT2D eigenvalue weighted by Gasteiger charge is 2.21. The summed E-state index contributed by atoms with van der Waals surface area (Å²) in [6.45, 7) is 4.86. The van der Waals surface area contributed by atoms with Gasteiger partial charge in [-0.15, -0.1) is 5.10 Å². The van der Waals surface area contributed by atoms with Gasteiger partial charge in [0.25, 0.3) is 0 Å². The Morgan fingerprint density at radius 3 is 3.00 bits per heavy atom. The summed E-state index contributed by atoms with van der Waals surface area (Å²) in [4.78, 5) is 0. The Kier molecular flexibility index (Phi) is 4.56. The van der Waals surface area contributed by atoms with E-state index in [9.17, 15) is 0 Å². The van der Waals surface area contributed by atoms with E-state index in [4.69, 9.17) is 0 Å². The van der Waals surface area contributed by atoms with Gasteiger partial charge in [0.2, 0.25) is 5.16 Å². The zero-order chi connectivity index (χ0) is 12.1. The largest absolute Gasteiger partial charge is 0.316 e. The number of rotatable bonds is 6. The maximum atomic E-state index is 4.11. The molecule has 0 aromatic carbocycles. The lowest BCUT2D eigenvalue weighted by atomic mass is 10.3. The van der Waals surface area contributed by atoms with E-state index >= 15 is 0 Å². The molecule has 1 aliphatic rings. The molecule has 17 heavy (non-hydrogen) atoms. The van der Waals surface area contributed by atoms with Crippen molar-refractivity contribution in [2.24, 2.45) is 0 Å². The Morgan fingerprint density at radius 1 is 1.53 bits per heavy atom. The van der Waals surface area contributed by atoms with Gasteiger partial charge in [0, 0.05) is 12.3 Å². The minimum absolute atomic E-state index is 0.505. The second-order valence-corrected chi connectivity index (χ2v) is 5.36. The lowest BCUT2D eigenvalue weighted by Crippen LogP contribution is -2.12. The normalized spacial score (nSPS) is 16.5. The summed E-state index contributed by atoms with van der Waals surface area (Å²) in [5.41, 5.74) is 1.17. The van der Waals surface area contributed by atoms with Gasteiger partial charge in [0.1, 0.15) is 0 Å². The van der Waals surface area contributed by atoms with E-state index in [0.29, 0.717) is 6.04 Å².